The molecule has 0 bridgehead atoms. The molecule has 0 atom stereocenters. The summed E-state index contributed by atoms with van der Waals surface area (Å²) in [6, 6.07) is 0. The van der Waals surface area contributed by atoms with E-state index in [4.69, 9.17) is 0 Å². The molecule has 0 fully saturated rings. The summed E-state index contributed by atoms with van der Waals surface area (Å²) >= 11 is 0. The molecule has 0 saturated heterocycles. The lowest BCUT2D eigenvalue weighted by Crippen LogP contribution is -2.17. The van der Waals surface area contributed by atoms with Crippen LogP contribution in [0, 0.1) is 11.5 Å². The molecule has 0 spiro atoms. The molecule has 2 nitrogen and oxygen atoms in total. The van der Waals surface area contributed by atoms with E-state index < -0.39 is 8.07 Å². The highest BCUT2D eigenvalue weighted by molar-refractivity contribution is 6.84. The van der Waals surface area contributed by atoms with Crippen LogP contribution < -0.4 is 5.43 Å². The molecule has 0 amide bonds. The first-order chi connectivity index (χ1) is 4.95. The normalized spacial score (nSPS) is 11.9. The second-order valence-corrected chi connectivity index (χ2v) is 8.17. The second kappa shape index (κ2) is 4.19. The van der Waals surface area contributed by atoms with Gasteiger partial charge in [0, 0.05) is 7.05 Å². The Bertz CT molecular complexity index is 202. The van der Waals surface area contributed by atoms with E-state index >= 15 is 0 Å². The summed E-state index contributed by atoms with van der Waals surface area (Å²) < 4.78 is 0. The number of hydrogen-bond acceptors (Lipinski definition) is 2. The zero-order chi connectivity index (χ0) is 8.91. The Morgan fingerprint density at radius 3 is 2.27 bits per heavy atom. The van der Waals surface area contributed by atoms with Gasteiger partial charge in [0.25, 0.3) is 0 Å². The van der Waals surface area contributed by atoms with Gasteiger partial charge in [-0.3, -0.25) is 0 Å². The molecule has 0 radical (unpaired) electrons. The molecule has 0 heterocycles. The van der Waals surface area contributed by atoms with Gasteiger partial charge in [0.15, 0.2) is 0 Å². The Morgan fingerprint density at radius 2 is 1.91 bits per heavy atom. The average Bonchev–Trinajstić information content (AvgIpc) is 1.83. The Kier molecular flexibility index (Phi) is 3.91. The van der Waals surface area contributed by atoms with E-state index in [2.05, 4.69) is 41.6 Å². The topological polar surface area (TPSA) is 24.4 Å². The van der Waals surface area contributed by atoms with Crippen molar-refractivity contribution in [3.63, 3.8) is 0 Å². The minimum absolute atomic E-state index is 0.856. The summed E-state index contributed by atoms with van der Waals surface area (Å²) in [4.78, 5) is 0. The van der Waals surface area contributed by atoms with Crippen molar-refractivity contribution in [1.29, 1.82) is 0 Å². The zero-order valence-corrected chi connectivity index (χ0v) is 8.95. The average molecular weight is 168 g/mol. The van der Waals surface area contributed by atoms with E-state index in [1.807, 2.05) is 6.92 Å². The summed E-state index contributed by atoms with van der Waals surface area (Å²) in [5.41, 5.74) is 6.79. The van der Waals surface area contributed by atoms with Crippen LogP contribution in [0.2, 0.25) is 19.6 Å². The molecule has 0 aromatic heterocycles. The molecule has 1 N–H and O–H groups in total. The molecule has 0 unspecified atom stereocenters. The van der Waals surface area contributed by atoms with Gasteiger partial charge in [0.2, 0.25) is 0 Å². The first kappa shape index (κ1) is 10.2. The Morgan fingerprint density at radius 1 is 1.36 bits per heavy atom. The molecular formula is C8H16N2Si. The lowest BCUT2D eigenvalue weighted by molar-refractivity contribution is 0.902. The van der Waals surface area contributed by atoms with E-state index in [9.17, 15) is 0 Å². The molecular weight excluding hydrogens is 152 g/mol. The fourth-order valence-electron chi connectivity index (χ4n) is 0.474. The molecule has 0 rings (SSSR count). The van der Waals surface area contributed by atoms with E-state index in [0.29, 0.717) is 0 Å². The van der Waals surface area contributed by atoms with Crippen LogP contribution in [0.5, 0.6) is 0 Å². The van der Waals surface area contributed by atoms with Crippen molar-refractivity contribution < 1.29 is 0 Å². The molecule has 0 aliphatic carbocycles. The maximum Gasteiger partial charge on any atom is 0.129 e. The fraction of sp³-hybridized carbons (Fsp3) is 0.625. The molecule has 0 saturated carbocycles. The smallest absolute Gasteiger partial charge is 0.129 e. The molecule has 0 aliphatic heterocycles. The van der Waals surface area contributed by atoms with E-state index in [0.717, 1.165) is 5.71 Å². The maximum atomic E-state index is 3.94. The van der Waals surface area contributed by atoms with Crippen molar-refractivity contribution in [2.75, 3.05) is 7.05 Å². The second-order valence-electron chi connectivity index (χ2n) is 3.42. The van der Waals surface area contributed by atoms with Gasteiger partial charge in [-0.2, -0.15) is 5.10 Å². The van der Waals surface area contributed by atoms with Crippen LogP contribution in [0.1, 0.15) is 6.92 Å². The lowest BCUT2D eigenvalue weighted by atomic mass is 10.5. The minimum Gasteiger partial charge on any atom is -0.312 e. The maximum absolute atomic E-state index is 3.94. The number of nitrogens with one attached hydrogen (secondary N) is 1. The summed E-state index contributed by atoms with van der Waals surface area (Å²) in [7, 11) is 0.559. The van der Waals surface area contributed by atoms with Gasteiger partial charge >= 0.3 is 0 Å². The van der Waals surface area contributed by atoms with Gasteiger partial charge in [-0.1, -0.05) is 25.6 Å². The van der Waals surface area contributed by atoms with E-state index in [1.54, 1.807) is 7.05 Å². The van der Waals surface area contributed by atoms with Gasteiger partial charge < -0.3 is 5.43 Å². The highest BCUT2D eigenvalue weighted by Gasteiger charge is 2.07. The molecule has 11 heavy (non-hydrogen) atoms. The van der Waals surface area contributed by atoms with Crippen molar-refractivity contribution in [2.45, 2.75) is 26.6 Å². The quantitative estimate of drug-likeness (QED) is 0.273. The largest absolute Gasteiger partial charge is 0.312 e. The monoisotopic (exact) mass is 168 g/mol. The van der Waals surface area contributed by atoms with Crippen LogP contribution >= 0.6 is 0 Å². The van der Waals surface area contributed by atoms with Crippen molar-refractivity contribution in [3.05, 3.63) is 0 Å². The summed E-state index contributed by atoms with van der Waals surface area (Å²) in [5, 5.41) is 3.94. The molecule has 3 heteroatoms. The Labute approximate surface area is 70.1 Å². The predicted octanol–water partition coefficient (Wildman–Crippen LogP) is 1.46. The summed E-state index contributed by atoms with van der Waals surface area (Å²) in [6.07, 6.45) is 0. The van der Waals surface area contributed by atoms with Crippen molar-refractivity contribution >= 4 is 13.8 Å². The first-order valence-electron chi connectivity index (χ1n) is 3.70. The third kappa shape index (κ3) is 7.14. The van der Waals surface area contributed by atoms with Crippen LogP contribution in [-0.4, -0.2) is 20.8 Å². The number of nitrogens with zero attached hydrogens (tertiary/aromatic N) is 1. The Hall–Kier alpha value is -0.753. The van der Waals surface area contributed by atoms with Crippen LogP contribution in [0.4, 0.5) is 0 Å². The predicted molar refractivity (Wildman–Crippen MR) is 53.3 cm³/mol. The summed E-state index contributed by atoms with van der Waals surface area (Å²) in [6.45, 7) is 8.55. The SMILES string of the molecule is CN/N=C(\C)C#C[Si](C)(C)C. The van der Waals surface area contributed by atoms with Gasteiger partial charge in [0.05, 0.1) is 0 Å². The van der Waals surface area contributed by atoms with Crippen molar-refractivity contribution in [3.8, 4) is 11.5 Å². The third-order valence-corrected chi connectivity index (χ3v) is 1.77. The summed E-state index contributed by atoms with van der Waals surface area (Å²) in [5.74, 6) is 3.02. The molecule has 0 aromatic carbocycles. The van der Waals surface area contributed by atoms with Gasteiger partial charge in [-0.15, -0.1) is 5.54 Å². The van der Waals surface area contributed by atoms with Gasteiger partial charge in [-0.25, -0.2) is 0 Å². The van der Waals surface area contributed by atoms with E-state index in [1.165, 1.54) is 0 Å². The van der Waals surface area contributed by atoms with Crippen LogP contribution in [-0.2, 0) is 0 Å². The van der Waals surface area contributed by atoms with Crippen molar-refractivity contribution in [1.82, 2.24) is 5.43 Å². The highest BCUT2D eigenvalue weighted by atomic mass is 28.3. The van der Waals surface area contributed by atoms with E-state index in [-0.39, 0.29) is 0 Å². The molecule has 0 aromatic rings. The highest BCUT2D eigenvalue weighted by Crippen LogP contribution is 1.95. The Balaban J connectivity index is 4.19. The number of rotatable bonds is 1. The van der Waals surface area contributed by atoms with Crippen LogP contribution in [0.25, 0.3) is 0 Å². The minimum atomic E-state index is -1.22. The first-order valence-corrected chi connectivity index (χ1v) is 7.20. The number of hydrogen-bond donors (Lipinski definition) is 1. The zero-order valence-electron chi connectivity index (χ0n) is 7.95. The van der Waals surface area contributed by atoms with Gasteiger partial charge in [0.1, 0.15) is 13.8 Å². The number of hydrazone groups is 1. The van der Waals surface area contributed by atoms with Crippen LogP contribution in [0.15, 0.2) is 5.10 Å². The standard InChI is InChI=1S/C8H16N2Si/c1-8(10-9-2)6-7-11(3,4)5/h9H,1-5H3/b10-8+. The van der Waals surface area contributed by atoms with Crippen LogP contribution in [0.3, 0.4) is 0 Å². The lowest BCUT2D eigenvalue weighted by Gasteiger charge is -2.02. The van der Waals surface area contributed by atoms with Gasteiger partial charge in [-0.05, 0) is 6.92 Å². The molecule has 62 valence electrons. The van der Waals surface area contributed by atoms with Crippen molar-refractivity contribution in [2.24, 2.45) is 5.10 Å². The third-order valence-electron chi connectivity index (χ3n) is 0.898. The fourth-order valence-corrected chi connectivity index (χ4v) is 1.03. The molecule has 0 aliphatic rings.